The van der Waals surface area contributed by atoms with Gasteiger partial charge in [-0.05, 0) is 64.4 Å². The van der Waals surface area contributed by atoms with E-state index in [-0.39, 0.29) is 17.9 Å². The molecule has 0 spiro atoms. The number of benzene rings is 2. The van der Waals surface area contributed by atoms with Crippen LogP contribution in [0.4, 0.5) is 0 Å². The number of rotatable bonds is 6. The van der Waals surface area contributed by atoms with Gasteiger partial charge in [-0.15, -0.1) is 0 Å². The number of aromatic nitrogens is 2. The second-order valence-corrected chi connectivity index (χ2v) is 8.67. The number of fused-ring (bicyclic) bond motifs is 1. The molecule has 2 aromatic carbocycles. The van der Waals surface area contributed by atoms with E-state index in [1.807, 2.05) is 24.3 Å². The molecule has 30 heavy (non-hydrogen) atoms. The van der Waals surface area contributed by atoms with E-state index in [2.05, 4.69) is 65.9 Å². The summed E-state index contributed by atoms with van der Waals surface area (Å²) in [4.78, 5) is 20.1. The number of likely N-dealkylation sites (tertiary alicyclic amines) is 1. The Bertz CT molecular complexity index is 987. The molecule has 0 aliphatic carbocycles. The summed E-state index contributed by atoms with van der Waals surface area (Å²) in [7, 11) is 0. The van der Waals surface area contributed by atoms with Crippen LogP contribution in [-0.4, -0.2) is 33.4 Å². The van der Waals surface area contributed by atoms with Crippen molar-refractivity contribution in [3.63, 3.8) is 0 Å². The molecule has 0 unspecified atom stereocenters. The minimum absolute atomic E-state index is 0.0441. The average molecular weight is 405 g/mol. The maximum absolute atomic E-state index is 12.8. The van der Waals surface area contributed by atoms with Gasteiger partial charge in [-0.2, -0.15) is 0 Å². The van der Waals surface area contributed by atoms with Crippen LogP contribution in [0.15, 0.2) is 54.6 Å². The molecule has 1 aliphatic heterocycles. The van der Waals surface area contributed by atoms with Crippen molar-refractivity contribution in [2.75, 3.05) is 13.1 Å². The Morgan fingerprint density at radius 1 is 1.03 bits per heavy atom. The maximum Gasteiger partial charge on any atom is 0.223 e. The Balaban J connectivity index is 1.35. The van der Waals surface area contributed by atoms with Crippen molar-refractivity contribution in [2.45, 2.75) is 52.2 Å². The zero-order valence-corrected chi connectivity index (χ0v) is 18.2. The SMILES string of the molecule is CC(C)n1c(CN2CCC(C(=O)N[C@@H](C)c3ccccc3)CC2)nc2ccccc21. The molecule has 1 saturated heterocycles. The van der Waals surface area contributed by atoms with Gasteiger partial charge < -0.3 is 9.88 Å². The standard InChI is InChI=1S/C25H32N4O/c1-18(2)29-23-12-8-7-11-22(23)27-24(29)17-28-15-13-21(14-16-28)25(30)26-19(3)20-9-5-4-6-10-20/h4-12,18-19,21H,13-17H2,1-3H3,(H,26,30)/t19-/m0/s1. The summed E-state index contributed by atoms with van der Waals surface area (Å²) in [5, 5.41) is 3.20. The van der Waals surface area contributed by atoms with Crippen LogP contribution in [0, 0.1) is 5.92 Å². The van der Waals surface area contributed by atoms with E-state index < -0.39 is 0 Å². The van der Waals surface area contributed by atoms with E-state index in [1.54, 1.807) is 0 Å². The Morgan fingerprint density at radius 2 is 1.70 bits per heavy atom. The van der Waals surface area contributed by atoms with Crippen LogP contribution < -0.4 is 5.32 Å². The lowest BCUT2D eigenvalue weighted by Crippen LogP contribution is -2.41. The first-order chi connectivity index (χ1) is 14.5. The lowest BCUT2D eigenvalue weighted by atomic mass is 9.95. The summed E-state index contributed by atoms with van der Waals surface area (Å²) in [5.41, 5.74) is 3.41. The molecular weight excluding hydrogens is 372 g/mol. The lowest BCUT2D eigenvalue weighted by molar-refractivity contribution is -0.127. The van der Waals surface area contributed by atoms with Crippen molar-refractivity contribution in [3.8, 4) is 0 Å². The van der Waals surface area contributed by atoms with Crippen LogP contribution >= 0.6 is 0 Å². The Morgan fingerprint density at radius 3 is 2.40 bits per heavy atom. The number of hydrogen-bond donors (Lipinski definition) is 1. The summed E-state index contributed by atoms with van der Waals surface area (Å²) >= 11 is 0. The van der Waals surface area contributed by atoms with Crippen LogP contribution in [0.3, 0.4) is 0 Å². The van der Waals surface area contributed by atoms with Crippen LogP contribution in [0.2, 0.25) is 0 Å². The van der Waals surface area contributed by atoms with Crippen LogP contribution in [0.25, 0.3) is 11.0 Å². The third-order valence-corrected chi connectivity index (χ3v) is 6.17. The average Bonchev–Trinajstić information content (AvgIpc) is 3.12. The molecule has 158 valence electrons. The van der Waals surface area contributed by atoms with E-state index in [9.17, 15) is 4.79 Å². The lowest BCUT2D eigenvalue weighted by Gasteiger charge is -2.32. The van der Waals surface area contributed by atoms with Gasteiger partial charge in [0.05, 0.1) is 23.6 Å². The first-order valence-electron chi connectivity index (χ1n) is 11.1. The number of nitrogens with one attached hydrogen (secondary N) is 1. The third-order valence-electron chi connectivity index (χ3n) is 6.17. The van der Waals surface area contributed by atoms with E-state index in [0.29, 0.717) is 6.04 Å². The van der Waals surface area contributed by atoms with Gasteiger partial charge in [-0.3, -0.25) is 9.69 Å². The number of hydrogen-bond acceptors (Lipinski definition) is 3. The second-order valence-electron chi connectivity index (χ2n) is 8.67. The molecular formula is C25H32N4O. The van der Waals surface area contributed by atoms with E-state index in [1.165, 1.54) is 5.52 Å². The number of piperidine rings is 1. The molecule has 5 nitrogen and oxygen atoms in total. The summed E-state index contributed by atoms with van der Waals surface area (Å²) in [5.74, 6) is 1.39. The van der Waals surface area contributed by atoms with Gasteiger partial charge in [0.25, 0.3) is 0 Å². The fourth-order valence-corrected chi connectivity index (χ4v) is 4.49. The van der Waals surface area contributed by atoms with Gasteiger partial charge >= 0.3 is 0 Å². The Kier molecular flexibility index (Phi) is 6.18. The van der Waals surface area contributed by atoms with Gasteiger partial charge in [0.15, 0.2) is 0 Å². The fraction of sp³-hybridized carbons (Fsp3) is 0.440. The first kappa shape index (κ1) is 20.6. The molecule has 4 rings (SSSR count). The number of imidazole rings is 1. The molecule has 0 bridgehead atoms. The molecule has 0 radical (unpaired) electrons. The smallest absolute Gasteiger partial charge is 0.223 e. The largest absolute Gasteiger partial charge is 0.349 e. The topological polar surface area (TPSA) is 50.2 Å². The van der Waals surface area contributed by atoms with Crippen molar-refractivity contribution >= 4 is 16.9 Å². The summed E-state index contributed by atoms with van der Waals surface area (Å²) in [6.07, 6.45) is 1.80. The third kappa shape index (κ3) is 4.41. The molecule has 1 fully saturated rings. The number of para-hydroxylation sites is 2. The van der Waals surface area contributed by atoms with Gasteiger partial charge in [0, 0.05) is 12.0 Å². The van der Waals surface area contributed by atoms with Crippen molar-refractivity contribution < 1.29 is 4.79 Å². The Labute approximate surface area is 179 Å². The van der Waals surface area contributed by atoms with Gasteiger partial charge in [-0.1, -0.05) is 42.5 Å². The van der Waals surface area contributed by atoms with E-state index >= 15 is 0 Å². The molecule has 0 saturated carbocycles. The molecule has 3 aromatic rings. The van der Waals surface area contributed by atoms with Crippen molar-refractivity contribution in [1.82, 2.24) is 19.8 Å². The van der Waals surface area contributed by atoms with Gasteiger partial charge in [-0.25, -0.2) is 4.98 Å². The number of amides is 1. The van der Waals surface area contributed by atoms with Crippen molar-refractivity contribution in [3.05, 3.63) is 66.0 Å². The van der Waals surface area contributed by atoms with Crippen LogP contribution in [0.1, 0.15) is 57.1 Å². The maximum atomic E-state index is 12.8. The predicted molar refractivity (Wildman–Crippen MR) is 121 cm³/mol. The zero-order chi connectivity index (χ0) is 21.1. The van der Waals surface area contributed by atoms with Crippen LogP contribution in [-0.2, 0) is 11.3 Å². The summed E-state index contributed by atoms with van der Waals surface area (Å²) in [6, 6.07) is 18.9. The highest BCUT2D eigenvalue weighted by Gasteiger charge is 2.27. The molecule has 1 aliphatic rings. The minimum Gasteiger partial charge on any atom is -0.349 e. The van der Waals surface area contributed by atoms with Gasteiger partial charge in [0.2, 0.25) is 5.91 Å². The number of carbonyl (C=O) groups excluding carboxylic acids is 1. The normalized spacial score (nSPS) is 16.8. The highest BCUT2D eigenvalue weighted by Crippen LogP contribution is 2.25. The predicted octanol–water partition coefficient (Wildman–Crippen LogP) is 4.71. The van der Waals surface area contributed by atoms with Gasteiger partial charge in [0.1, 0.15) is 5.82 Å². The zero-order valence-electron chi connectivity index (χ0n) is 18.2. The molecule has 5 heteroatoms. The fourth-order valence-electron chi connectivity index (χ4n) is 4.49. The summed E-state index contributed by atoms with van der Waals surface area (Å²) in [6.45, 7) is 9.17. The molecule has 1 N–H and O–H groups in total. The molecule has 1 aromatic heterocycles. The highest BCUT2D eigenvalue weighted by molar-refractivity contribution is 5.79. The first-order valence-corrected chi connectivity index (χ1v) is 11.1. The second kappa shape index (κ2) is 9.00. The monoisotopic (exact) mass is 404 g/mol. The van der Waals surface area contributed by atoms with Crippen molar-refractivity contribution in [2.24, 2.45) is 5.92 Å². The Hall–Kier alpha value is -2.66. The van der Waals surface area contributed by atoms with E-state index in [0.717, 1.165) is 49.4 Å². The van der Waals surface area contributed by atoms with Crippen LogP contribution in [0.5, 0.6) is 0 Å². The minimum atomic E-state index is 0.0441. The molecule has 1 amide bonds. The summed E-state index contributed by atoms with van der Waals surface area (Å²) < 4.78 is 2.34. The molecule has 1 atom stereocenters. The number of carbonyl (C=O) groups is 1. The highest BCUT2D eigenvalue weighted by atomic mass is 16.1. The quantitative estimate of drug-likeness (QED) is 0.647. The van der Waals surface area contributed by atoms with E-state index in [4.69, 9.17) is 4.98 Å². The van der Waals surface area contributed by atoms with Crippen molar-refractivity contribution in [1.29, 1.82) is 0 Å². The molecule has 2 heterocycles. The number of nitrogens with zero attached hydrogens (tertiary/aromatic N) is 3.